The van der Waals surface area contributed by atoms with E-state index in [-0.39, 0.29) is 0 Å². The zero-order valence-electron chi connectivity index (χ0n) is 7.71. The lowest BCUT2D eigenvalue weighted by atomic mass is 10.1. The molecule has 0 aliphatic heterocycles. The second-order valence-electron chi connectivity index (χ2n) is 3.10. The van der Waals surface area contributed by atoms with Gasteiger partial charge in [0.1, 0.15) is 0 Å². The molecule has 0 spiro atoms. The lowest BCUT2D eigenvalue weighted by Gasteiger charge is -2.04. The van der Waals surface area contributed by atoms with Crippen molar-refractivity contribution in [1.82, 2.24) is 0 Å². The average Bonchev–Trinajstić information content (AvgIpc) is 2.04. The van der Waals surface area contributed by atoms with Crippen LogP contribution in [-0.4, -0.2) is 11.7 Å². The average molecular weight is 156 g/mol. The van der Waals surface area contributed by atoms with Crippen molar-refractivity contribution in [3.63, 3.8) is 0 Å². The molecule has 1 nitrogen and oxygen atoms in total. The third-order valence-corrected chi connectivity index (χ3v) is 1.78. The molecule has 0 aliphatic carbocycles. The third-order valence-electron chi connectivity index (χ3n) is 1.78. The van der Waals surface area contributed by atoms with Crippen molar-refractivity contribution < 1.29 is 5.11 Å². The molecule has 0 fully saturated rings. The van der Waals surface area contributed by atoms with Crippen molar-refractivity contribution in [2.24, 2.45) is 5.92 Å². The Balaban J connectivity index is 3.07. The van der Waals surface area contributed by atoms with Gasteiger partial charge in [-0.2, -0.15) is 0 Å². The Morgan fingerprint density at radius 3 is 2.64 bits per heavy atom. The van der Waals surface area contributed by atoms with Gasteiger partial charge in [0.05, 0.1) is 0 Å². The van der Waals surface area contributed by atoms with Crippen LogP contribution in [0.4, 0.5) is 0 Å². The fourth-order valence-corrected chi connectivity index (χ4v) is 0.960. The van der Waals surface area contributed by atoms with Crippen LogP contribution in [0.25, 0.3) is 0 Å². The Labute approximate surface area is 70.1 Å². The highest BCUT2D eigenvalue weighted by atomic mass is 16.3. The second kappa shape index (κ2) is 7.80. The molecule has 0 unspecified atom stereocenters. The first kappa shape index (κ1) is 10.7. The molecule has 0 rings (SSSR count). The van der Waals surface area contributed by atoms with Gasteiger partial charge in [-0.25, -0.2) is 0 Å². The van der Waals surface area contributed by atoms with Gasteiger partial charge < -0.3 is 5.11 Å². The van der Waals surface area contributed by atoms with E-state index < -0.39 is 0 Å². The minimum absolute atomic E-state index is 0.331. The Hall–Kier alpha value is -0.300. The van der Waals surface area contributed by atoms with Crippen LogP contribution in [0.1, 0.15) is 39.5 Å². The predicted molar refractivity (Wildman–Crippen MR) is 49.5 cm³/mol. The zero-order valence-corrected chi connectivity index (χ0v) is 7.71. The first-order chi connectivity index (χ1) is 5.31. The standard InChI is InChI=1S/C10H20O/c1-3-4-5-6-7-8-10(2)9-11/h4-5,10-11H,3,6-9H2,1-2H3/b5-4+/t10-/m1/s1. The van der Waals surface area contributed by atoms with Crippen molar-refractivity contribution in [2.75, 3.05) is 6.61 Å². The zero-order chi connectivity index (χ0) is 8.53. The number of hydrogen-bond donors (Lipinski definition) is 1. The monoisotopic (exact) mass is 156 g/mol. The van der Waals surface area contributed by atoms with Crippen LogP contribution in [-0.2, 0) is 0 Å². The highest BCUT2D eigenvalue weighted by Gasteiger charge is 1.96. The van der Waals surface area contributed by atoms with Crippen molar-refractivity contribution in [2.45, 2.75) is 39.5 Å². The van der Waals surface area contributed by atoms with E-state index >= 15 is 0 Å². The number of allylic oxidation sites excluding steroid dienone is 2. The lowest BCUT2D eigenvalue weighted by Crippen LogP contribution is -1.99. The first-order valence-corrected chi connectivity index (χ1v) is 4.57. The lowest BCUT2D eigenvalue weighted by molar-refractivity contribution is 0.228. The molecule has 11 heavy (non-hydrogen) atoms. The quantitative estimate of drug-likeness (QED) is 0.463. The number of aliphatic hydroxyl groups excluding tert-OH is 1. The van der Waals surface area contributed by atoms with Gasteiger partial charge in [-0.1, -0.05) is 26.0 Å². The van der Waals surface area contributed by atoms with Gasteiger partial charge in [0.25, 0.3) is 0 Å². The first-order valence-electron chi connectivity index (χ1n) is 4.57. The van der Waals surface area contributed by atoms with E-state index in [1.165, 1.54) is 6.42 Å². The SMILES string of the molecule is CC/C=C/CCC[C@@H](C)CO. The molecular formula is C10H20O. The van der Waals surface area contributed by atoms with Crippen molar-refractivity contribution in [3.05, 3.63) is 12.2 Å². The summed E-state index contributed by atoms with van der Waals surface area (Å²) in [5, 5.41) is 8.72. The molecule has 0 saturated heterocycles. The van der Waals surface area contributed by atoms with Crippen LogP contribution in [0.5, 0.6) is 0 Å². The molecule has 0 heterocycles. The van der Waals surface area contributed by atoms with Gasteiger partial charge in [0.15, 0.2) is 0 Å². The molecule has 1 atom stereocenters. The predicted octanol–water partition coefficient (Wildman–Crippen LogP) is 2.75. The molecule has 66 valence electrons. The summed E-state index contributed by atoms with van der Waals surface area (Å²) in [6.07, 6.45) is 9.07. The molecule has 0 aromatic rings. The summed E-state index contributed by atoms with van der Waals surface area (Å²) in [6.45, 7) is 4.56. The number of unbranched alkanes of at least 4 members (excludes halogenated alkanes) is 1. The van der Waals surface area contributed by atoms with Gasteiger partial charge in [0.2, 0.25) is 0 Å². The number of hydrogen-bond acceptors (Lipinski definition) is 1. The van der Waals surface area contributed by atoms with Gasteiger partial charge in [-0.3, -0.25) is 0 Å². The Morgan fingerprint density at radius 2 is 2.09 bits per heavy atom. The van der Waals surface area contributed by atoms with E-state index in [2.05, 4.69) is 26.0 Å². The van der Waals surface area contributed by atoms with Gasteiger partial charge in [-0.15, -0.1) is 0 Å². The fraction of sp³-hybridized carbons (Fsp3) is 0.800. The van der Waals surface area contributed by atoms with Crippen molar-refractivity contribution in [3.8, 4) is 0 Å². The summed E-state index contributed by atoms with van der Waals surface area (Å²) in [5.41, 5.74) is 0. The van der Waals surface area contributed by atoms with Crippen LogP contribution in [0, 0.1) is 5.92 Å². The summed E-state index contributed by atoms with van der Waals surface area (Å²) >= 11 is 0. The maximum atomic E-state index is 8.72. The smallest absolute Gasteiger partial charge is 0.0456 e. The minimum atomic E-state index is 0.331. The molecular weight excluding hydrogens is 136 g/mol. The van der Waals surface area contributed by atoms with E-state index in [0.717, 1.165) is 19.3 Å². The maximum Gasteiger partial charge on any atom is 0.0456 e. The largest absolute Gasteiger partial charge is 0.396 e. The highest BCUT2D eigenvalue weighted by Crippen LogP contribution is 2.06. The van der Waals surface area contributed by atoms with E-state index in [9.17, 15) is 0 Å². The van der Waals surface area contributed by atoms with Crippen LogP contribution in [0.2, 0.25) is 0 Å². The summed E-state index contributed by atoms with van der Waals surface area (Å²) in [4.78, 5) is 0. The van der Waals surface area contributed by atoms with Crippen LogP contribution < -0.4 is 0 Å². The minimum Gasteiger partial charge on any atom is -0.396 e. The second-order valence-corrected chi connectivity index (χ2v) is 3.10. The summed E-state index contributed by atoms with van der Waals surface area (Å²) < 4.78 is 0. The highest BCUT2D eigenvalue weighted by molar-refractivity contribution is 4.79. The summed E-state index contributed by atoms with van der Waals surface area (Å²) in [5.74, 6) is 0.477. The Bertz CT molecular complexity index is 97.0. The Morgan fingerprint density at radius 1 is 1.36 bits per heavy atom. The molecule has 0 saturated carbocycles. The molecule has 0 radical (unpaired) electrons. The van der Waals surface area contributed by atoms with Crippen molar-refractivity contribution in [1.29, 1.82) is 0 Å². The van der Waals surface area contributed by atoms with Gasteiger partial charge in [0, 0.05) is 6.61 Å². The molecule has 0 aromatic carbocycles. The molecule has 1 N–H and O–H groups in total. The van der Waals surface area contributed by atoms with Crippen LogP contribution >= 0.6 is 0 Å². The van der Waals surface area contributed by atoms with E-state index in [0.29, 0.717) is 12.5 Å². The topological polar surface area (TPSA) is 20.2 Å². The van der Waals surface area contributed by atoms with Crippen molar-refractivity contribution >= 4 is 0 Å². The third kappa shape index (κ3) is 7.60. The van der Waals surface area contributed by atoms with Crippen LogP contribution in [0.3, 0.4) is 0 Å². The number of rotatable bonds is 6. The number of aliphatic hydroxyl groups is 1. The summed E-state index contributed by atoms with van der Waals surface area (Å²) in [6, 6.07) is 0. The molecule has 0 aliphatic rings. The van der Waals surface area contributed by atoms with E-state index in [4.69, 9.17) is 5.11 Å². The molecule has 0 amide bonds. The molecule has 0 aromatic heterocycles. The fourth-order valence-electron chi connectivity index (χ4n) is 0.960. The van der Waals surface area contributed by atoms with E-state index in [1.807, 2.05) is 0 Å². The van der Waals surface area contributed by atoms with Gasteiger partial charge in [-0.05, 0) is 31.6 Å². The molecule has 1 heteroatoms. The van der Waals surface area contributed by atoms with Crippen LogP contribution in [0.15, 0.2) is 12.2 Å². The Kier molecular flexibility index (Phi) is 7.59. The van der Waals surface area contributed by atoms with Gasteiger partial charge >= 0.3 is 0 Å². The normalized spacial score (nSPS) is 14.1. The summed E-state index contributed by atoms with van der Waals surface area (Å²) in [7, 11) is 0. The molecule has 0 bridgehead atoms. The van der Waals surface area contributed by atoms with E-state index in [1.54, 1.807) is 0 Å². The maximum absolute atomic E-state index is 8.72.